The zero-order valence-electron chi connectivity index (χ0n) is 14.7. The number of hydrogen-bond acceptors (Lipinski definition) is 7. The molecule has 0 saturated heterocycles. The predicted octanol–water partition coefficient (Wildman–Crippen LogP) is 1.29. The maximum atomic E-state index is 12.1. The van der Waals surface area contributed by atoms with Gasteiger partial charge in [-0.3, -0.25) is 4.79 Å². The zero-order chi connectivity index (χ0) is 20.1. The number of esters is 1. The molecule has 1 aliphatic rings. The monoisotopic (exact) mass is 406 g/mol. The van der Waals surface area contributed by atoms with E-state index in [-0.39, 0.29) is 10.5 Å². The van der Waals surface area contributed by atoms with Crippen molar-refractivity contribution in [1.82, 2.24) is 0 Å². The lowest BCUT2D eigenvalue weighted by atomic mass is 10.2. The molecule has 0 spiro atoms. The Morgan fingerprint density at radius 3 is 2.39 bits per heavy atom. The lowest BCUT2D eigenvalue weighted by molar-refractivity contribution is -0.119. The molecule has 2 aromatic rings. The summed E-state index contributed by atoms with van der Waals surface area (Å²) in [5.74, 6) is -0.262. The molecule has 0 aliphatic carbocycles. The van der Waals surface area contributed by atoms with Crippen LogP contribution >= 0.6 is 0 Å². The van der Waals surface area contributed by atoms with Gasteiger partial charge in [-0.1, -0.05) is 0 Å². The Hall–Kier alpha value is -3.11. The number of amides is 1. The van der Waals surface area contributed by atoms with Crippen LogP contribution in [0.2, 0.25) is 0 Å². The van der Waals surface area contributed by atoms with Gasteiger partial charge >= 0.3 is 5.97 Å². The lowest BCUT2D eigenvalue weighted by Crippen LogP contribution is -2.21. The van der Waals surface area contributed by atoms with E-state index in [0.29, 0.717) is 30.4 Å². The molecule has 1 amide bonds. The summed E-state index contributed by atoms with van der Waals surface area (Å²) in [6, 6.07) is 9.92. The Balaban J connectivity index is 1.55. The number of nitrogens with two attached hydrogens (primary N) is 1. The third-order valence-corrected chi connectivity index (χ3v) is 4.71. The van der Waals surface area contributed by atoms with Gasteiger partial charge in [0.15, 0.2) is 18.1 Å². The molecule has 3 rings (SSSR count). The topological polar surface area (TPSA) is 134 Å². The minimum absolute atomic E-state index is 0.0775. The number of nitrogens with one attached hydrogen (secondary N) is 1. The Labute approximate surface area is 161 Å². The van der Waals surface area contributed by atoms with E-state index < -0.39 is 28.5 Å². The number of anilines is 1. The van der Waals surface area contributed by atoms with Crippen LogP contribution < -0.4 is 19.9 Å². The van der Waals surface area contributed by atoms with Gasteiger partial charge in [-0.15, -0.1) is 0 Å². The van der Waals surface area contributed by atoms with Crippen molar-refractivity contribution >= 4 is 27.6 Å². The fourth-order valence-electron chi connectivity index (χ4n) is 2.43. The first-order valence-electron chi connectivity index (χ1n) is 8.32. The van der Waals surface area contributed by atoms with Crippen molar-refractivity contribution in [3.63, 3.8) is 0 Å². The largest absolute Gasteiger partial charge is 0.490 e. The third-order valence-electron chi connectivity index (χ3n) is 3.78. The lowest BCUT2D eigenvalue weighted by Gasteiger charge is -2.10. The Morgan fingerprint density at radius 2 is 1.71 bits per heavy atom. The summed E-state index contributed by atoms with van der Waals surface area (Å²) in [4.78, 5) is 24.0. The van der Waals surface area contributed by atoms with E-state index >= 15 is 0 Å². The Bertz CT molecular complexity index is 987. The van der Waals surface area contributed by atoms with E-state index in [1.165, 1.54) is 36.4 Å². The summed E-state index contributed by atoms with van der Waals surface area (Å²) in [5.41, 5.74) is 0.568. The smallest absolute Gasteiger partial charge is 0.338 e. The fourth-order valence-corrected chi connectivity index (χ4v) is 2.95. The second-order valence-electron chi connectivity index (χ2n) is 5.91. The summed E-state index contributed by atoms with van der Waals surface area (Å²) in [7, 11) is -3.81. The first kappa shape index (κ1) is 19.6. The Kier molecular flexibility index (Phi) is 5.81. The number of carbonyl (C=O) groups is 2. The molecule has 0 atom stereocenters. The van der Waals surface area contributed by atoms with Gasteiger partial charge in [0.2, 0.25) is 10.0 Å². The molecule has 0 aromatic heterocycles. The van der Waals surface area contributed by atoms with Crippen molar-refractivity contribution in [1.29, 1.82) is 0 Å². The molecule has 2 aromatic carbocycles. The summed E-state index contributed by atoms with van der Waals surface area (Å²) in [5, 5.41) is 7.50. The van der Waals surface area contributed by atoms with Gasteiger partial charge in [-0.25, -0.2) is 18.4 Å². The molecule has 1 heterocycles. The maximum Gasteiger partial charge on any atom is 0.338 e. The van der Waals surface area contributed by atoms with Crippen LogP contribution in [0.25, 0.3) is 0 Å². The fraction of sp³-hybridized carbons (Fsp3) is 0.222. The number of hydrogen-bond donors (Lipinski definition) is 2. The maximum absolute atomic E-state index is 12.1. The highest BCUT2D eigenvalue weighted by Gasteiger charge is 2.16. The summed E-state index contributed by atoms with van der Waals surface area (Å²) in [6.45, 7) is 0.511. The molecule has 148 valence electrons. The van der Waals surface area contributed by atoms with E-state index in [1.54, 1.807) is 6.07 Å². The molecule has 28 heavy (non-hydrogen) atoms. The van der Waals surface area contributed by atoms with Gasteiger partial charge in [0.05, 0.1) is 23.7 Å². The second kappa shape index (κ2) is 8.28. The molecule has 0 unspecified atom stereocenters. The van der Waals surface area contributed by atoms with Gasteiger partial charge in [-0.2, -0.15) is 0 Å². The average molecular weight is 406 g/mol. The number of sulfonamides is 1. The number of fused-ring (bicyclic) bond motifs is 1. The highest BCUT2D eigenvalue weighted by molar-refractivity contribution is 7.89. The summed E-state index contributed by atoms with van der Waals surface area (Å²) in [6.07, 6.45) is 0.743. The first-order valence-corrected chi connectivity index (χ1v) is 9.87. The number of benzene rings is 2. The number of ether oxygens (including phenoxy) is 3. The zero-order valence-corrected chi connectivity index (χ0v) is 15.5. The van der Waals surface area contributed by atoms with Crippen LogP contribution in [0.5, 0.6) is 11.5 Å². The van der Waals surface area contributed by atoms with Gasteiger partial charge in [0.1, 0.15) is 0 Å². The SMILES string of the molecule is NS(=O)(=O)c1ccc(NC(=O)COC(=O)c2ccc3c(c2)OCCCO3)cc1. The molecule has 0 radical (unpaired) electrons. The van der Waals surface area contributed by atoms with Gasteiger partial charge in [-0.05, 0) is 42.5 Å². The van der Waals surface area contributed by atoms with Crippen molar-refractivity contribution in [2.24, 2.45) is 5.14 Å². The molecule has 10 heteroatoms. The summed E-state index contributed by atoms with van der Waals surface area (Å²) < 4.78 is 38.4. The van der Waals surface area contributed by atoms with Crippen LogP contribution in [0.15, 0.2) is 47.4 Å². The van der Waals surface area contributed by atoms with Crippen LogP contribution in [-0.2, 0) is 19.6 Å². The molecule has 9 nitrogen and oxygen atoms in total. The average Bonchev–Trinajstić information content (AvgIpc) is 2.90. The van der Waals surface area contributed by atoms with Crippen LogP contribution in [0.1, 0.15) is 16.8 Å². The quantitative estimate of drug-likeness (QED) is 0.715. The highest BCUT2D eigenvalue weighted by Crippen LogP contribution is 2.30. The van der Waals surface area contributed by atoms with Gasteiger partial charge in [0, 0.05) is 12.1 Å². The van der Waals surface area contributed by atoms with Gasteiger partial charge in [0.25, 0.3) is 5.91 Å². The van der Waals surface area contributed by atoms with E-state index in [4.69, 9.17) is 19.3 Å². The highest BCUT2D eigenvalue weighted by atomic mass is 32.2. The minimum atomic E-state index is -3.81. The number of rotatable bonds is 5. The molecule has 0 bridgehead atoms. The van der Waals surface area contributed by atoms with E-state index in [0.717, 1.165) is 6.42 Å². The molecule has 0 saturated carbocycles. The number of primary sulfonamides is 1. The van der Waals surface area contributed by atoms with Crippen molar-refractivity contribution in [3.8, 4) is 11.5 Å². The molecular weight excluding hydrogens is 388 g/mol. The van der Waals surface area contributed by atoms with Crippen molar-refractivity contribution in [2.75, 3.05) is 25.1 Å². The van der Waals surface area contributed by atoms with Crippen LogP contribution in [-0.4, -0.2) is 40.1 Å². The van der Waals surface area contributed by atoms with Crippen molar-refractivity contribution in [3.05, 3.63) is 48.0 Å². The van der Waals surface area contributed by atoms with E-state index in [9.17, 15) is 18.0 Å². The number of carbonyl (C=O) groups excluding carboxylic acids is 2. The van der Waals surface area contributed by atoms with Crippen LogP contribution in [0.3, 0.4) is 0 Å². The minimum Gasteiger partial charge on any atom is -0.490 e. The first-order chi connectivity index (χ1) is 13.3. The second-order valence-corrected chi connectivity index (χ2v) is 7.47. The third kappa shape index (κ3) is 4.99. The standard InChI is InChI=1S/C18H18N2O7S/c19-28(23,24)14-5-3-13(4-6-14)20-17(21)11-27-18(22)12-2-7-15-16(10-12)26-9-1-8-25-15/h2-7,10H,1,8-9,11H2,(H,20,21)(H2,19,23,24). The van der Waals surface area contributed by atoms with Crippen LogP contribution in [0.4, 0.5) is 5.69 Å². The van der Waals surface area contributed by atoms with E-state index in [2.05, 4.69) is 5.32 Å². The normalized spacial score (nSPS) is 13.3. The molecule has 0 fully saturated rings. The molecule has 1 aliphatic heterocycles. The van der Waals surface area contributed by atoms with E-state index in [1.807, 2.05) is 0 Å². The Morgan fingerprint density at radius 1 is 1.04 bits per heavy atom. The van der Waals surface area contributed by atoms with Crippen LogP contribution in [0, 0.1) is 0 Å². The van der Waals surface area contributed by atoms with Crippen molar-refractivity contribution < 1.29 is 32.2 Å². The van der Waals surface area contributed by atoms with Gasteiger partial charge < -0.3 is 19.5 Å². The van der Waals surface area contributed by atoms with Crippen molar-refractivity contribution in [2.45, 2.75) is 11.3 Å². The molecular formula is C18H18N2O7S. The predicted molar refractivity (Wildman–Crippen MR) is 98.8 cm³/mol. The summed E-state index contributed by atoms with van der Waals surface area (Å²) >= 11 is 0. The molecule has 3 N–H and O–H groups in total.